The Morgan fingerprint density at radius 1 is 0.929 bits per heavy atom. The minimum absolute atomic E-state index is 0.0329. The van der Waals surface area contributed by atoms with Gasteiger partial charge in [-0.15, -0.1) is 0 Å². The highest BCUT2D eigenvalue weighted by atomic mass is 16.3. The van der Waals surface area contributed by atoms with Crippen LogP contribution in [0.15, 0.2) is 18.2 Å². The van der Waals surface area contributed by atoms with Crippen LogP contribution in [0.1, 0.15) is 0 Å². The lowest BCUT2D eigenvalue weighted by atomic mass is 10.2. The van der Waals surface area contributed by atoms with E-state index < -0.39 is 17.4 Å². The fourth-order valence-electron chi connectivity index (χ4n) is 1.21. The second kappa shape index (κ2) is 2.66. The highest BCUT2D eigenvalue weighted by Gasteiger charge is 2.12. The van der Waals surface area contributed by atoms with Gasteiger partial charge in [0.15, 0.2) is 5.75 Å². The molecule has 0 radical (unpaired) electrons. The molecule has 1 aromatic carbocycles. The first-order valence-corrected chi connectivity index (χ1v) is 3.83. The van der Waals surface area contributed by atoms with E-state index in [0.29, 0.717) is 0 Å². The van der Waals surface area contributed by atoms with Crippen LogP contribution in [-0.4, -0.2) is 25.4 Å². The summed E-state index contributed by atoms with van der Waals surface area (Å²) >= 11 is 0. The van der Waals surface area contributed by atoms with Crippen molar-refractivity contribution in [2.45, 2.75) is 0 Å². The predicted octanol–water partition coefficient (Wildman–Crippen LogP) is 1.06. The Bertz CT molecular complexity index is 510. The van der Waals surface area contributed by atoms with E-state index in [0.717, 1.165) is 0 Å². The zero-order valence-corrected chi connectivity index (χ0v) is 6.97. The molecule has 2 rings (SSSR count). The Morgan fingerprint density at radius 2 is 1.64 bits per heavy atom. The van der Waals surface area contributed by atoms with Crippen LogP contribution < -0.4 is 0 Å². The number of phenolic OH excluding ortho intramolecular Hbond substituents is 1. The van der Waals surface area contributed by atoms with E-state index >= 15 is 0 Å². The molecule has 1 heterocycles. The standard InChI is InChI=1S/C9H7NO4/c11-4-1-2-5-6(3-4)10-9(14)8(13)7(5)12/h1-3,11,13H,(H2,10,12,14). The minimum Gasteiger partial charge on any atom is -0.508 e. The first-order chi connectivity index (χ1) is 6.59. The van der Waals surface area contributed by atoms with Gasteiger partial charge in [0.1, 0.15) is 5.75 Å². The number of pyridine rings is 1. The molecule has 4 N–H and O–H groups in total. The van der Waals surface area contributed by atoms with E-state index in [9.17, 15) is 5.11 Å². The summed E-state index contributed by atoms with van der Waals surface area (Å²) in [4.78, 5) is 3.58. The largest absolute Gasteiger partial charge is 0.508 e. The molecule has 0 aliphatic heterocycles. The van der Waals surface area contributed by atoms with Crippen molar-refractivity contribution in [1.82, 2.24) is 4.98 Å². The molecule has 0 saturated carbocycles. The monoisotopic (exact) mass is 193 g/mol. The van der Waals surface area contributed by atoms with E-state index in [2.05, 4.69) is 4.98 Å². The first kappa shape index (κ1) is 8.43. The number of aromatic hydroxyl groups is 4. The molecule has 5 heteroatoms. The Morgan fingerprint density at radius 3 is 2.36 bits per heavy atom. The van der Waals surface area contributed by atoms with Crippen molar-refractivity contribution in [1.29, 1.82) is 0 Å². The maximum Gasteiger partial charge on any atom is 0.258 e. The fraction of sp³-hybridized carbons (Fsp3) is 0. The Balaban J connectivity index is 2.91. The number of phenols is 1. The third kappa shape index (κ3) is 1.06. The highest BCUT2D eigenvalue weighted by molar-refractivity contribution is 5.89. The van der Waals surface area contributed by atoms with Gasteiger partial charge >= 0.3 is 0 Å². The molecule has 0 spiro atoms. The van der Waals surface area contributed by atoms with Crippen molar-refractivity contribution in [3.05, 3.63) is 18.2 Å². The van der Waals surface area contributed by atoms with Crippen molar-refractivity contribution >= 4 is 10.9 Å². The summed E-state index contributed by atoms with van der Waals surface area (Å²) < 4.78 is 0. The van der Waals surface area contributed by atoms with Crippen molar-refractivity contribution in [3.63, 3.8) is 0 Å². The highest BCUT2D eigenvalue weighted by Crippen LogP contribution is 2.39. The molecule has 5 nitrogen and oxygen atoms in total. The predicted molar refractivity (Wildman–Crippen MR) is 48.4 cm³/mol. The summed E-state index contributed by atoms with van der Waals surface area (Å²) in [5.74, 6) is -1.81. The maximum atomic E-state index is 9.40. The van der Waals surface area contributed by atoms with E-state index in [1.807, 2.05) is 0 Å². The van der Waals surface area contributed by atoms with Crippen LogP contribution in [0.25, 0.3) is 10.9 Å². The Hall–Kier alpha value is -2.17. The number of hydrogen-bond acceptors (Lipinski definition) is 5. The lowest BCUT2D eigenvalue weighted by Crippen LogP contribution is -1.82. The van der Waals surface area contributed by atoms with Crippen molar-refractivity contribution in [3.8, 4) is 23.1 Å². The molecule has 14 heavy (non-hydrogen) atoms. The number of aromatic nitrogens is 1. The number of hydrogen-bond donors (Lipinski definition) is 4. The van der Waals surface area contributed by atoms with Gasteiger partial charge in [0.2, 0.25) is 5.75 Å². The van der Waals surface area contributed by atoms with E-state index in [1.54, 1.807) is 0 Å². The van der Waals surface area contributed by atoms with Crippen molar-refractivity contribution < 1.29 is 20.4 Å². The van der Waals surface area contributed by atoms with Crippen LogP contribution in [0.4, 0.5) is 0 Å². The van der Waals surface area contributed by atoms with Gasteiger partial charge in [-0.3, -0.25) is 0 Å². The van der Waals surface area contributed by atoms with Gasteiger partial charge in [-0.1, -0.05) is 0 Å². The fourth-order valence-corrected chi connectivity index (χ4v) is 1.21. The third-order valence-corrected chi connectivity index (χ3v) is 1.90. The van der Waals surface area contributed by atoms with Gasteiger partial charge in [0.05, 0.1) is 5.52 Å². The average molecular weight is 193 g/mol. The van der Waals surface area contributed by atoms with Gasteiger partial charge in [0.25, 0.3) is 5.88 Å². The van der Waals surface area contributed by atoms with E-state index in [1.165, 1.54) is 18.2 Å². The number of nitrogens with zero attached hydrogens (tertiary/aromatic N) is 1. The molecule has 0 saturated heterocycles. The van der Waals surface area contributed by atoms with Crippen molar-refractivity contribution in [2.75, 3.05) is 0 Å². The van der Waals surface area contributed by atoms with Crippen LogP contribution in [0.5, 0.6) is 23.1 Å². The van der Waals surface area contributed by atoms with E-state index in [4.69, 9.17) is 15.3 Å². The SMILES string of the molecule is Oc1ccc2c(O)c(O)c(O)nc2c1. The molecule has 0 aliphatic rings. The van der Waals surface area contributed by atoms with Crippen LogP contribution in [0.3, 0.4) is 0 Å². The van der Waals surface area contributed by atoms with E-state index in [-0.39, 0.29) is 16.7 Å². The third-order valence-electron chi connectivity index (χ3n) is 1.90. The second-order valence-corrected chi connectivity index (χ2v) is 2.83. The summed E-state index contributed by atoms with van der Waals surface area (Å²) in [7, 11) is 0. The molecule has 0 fully saturated rings. The van der Waals surface area contributed by atoms with Crippen LogP contribution in [0, 0.1) is 0 Å². The number of fused-ring (bicyclic) bond motifs is 1. The molecule has 0 bridgehead atoms. The second-order valence-electron chi connectivity index (χ2n) is 2.83. The van der Waals surface area contributed by atoms with Gasteiger partial charge in [-0.2, -0.15) is 0 Å². The van der Waals surface area contributed by atoms with Gasteiger partial charge in [-0.05, 0) is 12.1 Å². The summed E-state index contributed by atoms with van der Waals surface area (Å²) in [6, 6.07) is 4.01. The lowest BCUT2D eigenvalue weighted by molar-refractivity contribution is 0.361. The van der Waals surface area contributed by atoms with Crippen molar-refractivity contribution in [2.24, 2.45) is 0 Å². The molecule has 0 atom stereocenters. The normalized spacial score (nSPS) is 10.6. The molecule has 0 unspecified atom stereocenters. The Labute approximate surface area is 78.5 Å². The smallest absolute Gasteiger partial charge is 0.258 e. The number of benzene rings is 1. The summed E-state index contributed by atoms with van der Waals surface area (Å²) in [6.45, 7) is 0. The lowest BCUT2D eigenvalue weighted by Gasteiger charge is -2.04. The van der Waals surface area contributed by atoms with Gasteiger partial charge < -0.3 is 20.4 Å². The Kier molecular flexibility index (Phi) is 1.60. The molecular weight excluding hydrogens is 186 g/mol. The summed E-state index contributed by atoms with van der Waals surface area (Å²) in [5.41, 5.74) is 0.206. The van der Waals surface area contributed by atoms with Crippen LogP contribution in [-0.2, 0) is 0 Å². The molecule has 2 aromatic rings. The molecule has 0 amide bonds. The zero-order chi connectivity index (χ0) is 10.3. The topological polar surface area (TPSA) is 93.8 Å². The zero-order valence-electron chi connectivity index (χ0n) is 6.97. The molecule has 1 aromatic heterocycles. The first-order valence-electron chi connectivity index (χ1n) is 3.83. The van der Waals surface area contributed by atoms with Crippen LogP contribution in [0.2, 0.25) is 0 Å². The summed E-state index contributed by atoms with van der Waals surface area (Å²) in [6.07, 6.45) is 0. The number of rotatable bonds is 0. The molecule has 0 aliphatic carbocycles. The van der Waals surface area contributed by atoms with Crippen LogP contribution >= 0.6 is 0 Å². The average Bonchev–Trinajstić information content (AvgIpc) is 2.14. The van der Waals surface area contributed by atoms with Gasteiger partial charge in [-0.25, -0.2) is 4.98 Å². The van der Waals surface area contributed by atoms with Gasteiger partial charge in [0, 0.05) is 11.5 Å². The molecule has 72 valence electrons. The summed E-state index contributed by atoms with van der Waals surface area (Å²) in [5, 5.41) is 37.0. The quantitative estimate of drug-likeness (QED) is 0.501. The maximum absolute atomic E-state index is 9.40. The molecular formula is C9H7NO4. The minimum atomic E-state index is -0.666.